The Labute approximate surface area is 156 Å². The molecule has 3 N–H and O–H groups in total. The quantitative estimate of drug-likeness (QED) is 0.497. The zero-order chi connectivity index (χ0) is 19.7. The number of hydrogen-bond donors (Lipinski definition) is 3. The summed E-state index contributed by atoms with van der Waals surface area (Å²) in [6.45, 7) is 1.50. The van der Waals surface area contributed by atoms with Crippen molar-refractivity contribution in [1.29, 1.82) is 0 Å². The van der Waals surface area contributed by atoms with Crippen molar-refractivity contribution >= 4 is 39.4 Å². The fourth-order valence-electron chi connectivity index (χ4n) is 1.71. The number of esters is 1. The average Bonchev–Trinajstić information content (AvgIpc) is 2.62. The maximum Gasteiger partial charge on any atom is 0.340 e. The van der Waals surface area contributed by atoms with Crippen molar-refractivity contribution in [3.05, 3.63) is 28.8 Å². The number of hydrogen-bond acceptors (Lipinski definition) is 6. The minimum atomic E-state index is -3.77. The molecule has 0 fully saturated rings. The molecule has 0 bridgehead atoms. The molecule has 0 unspecified atom stereocenters. The van der Waals surface area contributed by atoms with E-state index in [1.54, 1.807) is 0 Å². The van der Waals surface area contributed by atoms with Crippen LogP contribution in [0.25, 0.3) is 0 Å². The van der Waals surface area contributed by atoms with Crippen molar-refractivity contribution in [2.45, 2.75) is 18.2 Å². The van der Waals surface area contributed by atoms with Crippen LogP contribution in [0, 0.1) is 0 Å². The van der Waals surface area contributed by atoms with Crippen molar-refractivity contribution in [2.75, 3.05) is 26.7 Å². The summed E-state index contributed by atoms with van der Waals surface area (Å²) in [6, 6.07) is 3.51. The van der Waals surface area contributed by atoms with Gasteiger partial charge in [0.2, 0.25) is 15.9 Å². The molecule has 0 atom stereocenters. The number of halogens is 1. The largest absolute Gasteiger partial charge is 0.452 e. The van der Waals surface area contributed by atoms with Gasteiger partial charge in [0.25, 0.3) is 5.91 Å². The molecule has 0 heterocycles. The zero-order valence-electron chi connectivity index (χ0n) is 14.3. The minimum absolute atomic E-state index is 0.0237. The molecule has 0 radical (unpaired) electrons. The molecule has 0 spiro atoms. The van der Waals surface area contributed by atoms with Crippen LogP contribution in [0.4, 0.5) is 0 Å². The summed E-state index contributed by atoms with van der Waals surface area (Å²) < 4.78 is 30.5. The highest BCUT2D eigenvalue weighted by Gasteiger charge is 2.19. The SMILES string of the molecule is CCCNC(=O)CNC(=O)COC(=O)c1cc(S(=O)(=O)NC)ccc1Cl. The van der Waals surface area contributed by atoms with Gasteiger partial charge < -0.3 is 15.4 Å². The first kappa shape index (κ1) is 21.9. The number of rotatable bonds is 9. The van der Waals surface area contributed by atoms with Gasteiger partial charge in [-0.3, -0.25) is 9.59 Å². The summed E-state index contributed by atoms with van der Waals surface area (Å²) >= 11 is 5.88. The molecule has 0 aliphatic heterocycles. The molecule has 0 aromatic heterocycles. The Balaban J connectivity index is 2.64. The van der Waals surface area contributed by atoms with E-state index in [1.165, 1.54) is 19.2 Å². The van der Waals surface area contributed by atoms with E-state index in [0.29, 0.717) is 6.54 Å². The Hall–Kier alpha value is -2.17. The first-order chi connectivity index (χ1) is 12.2. The lowest BCUT2D eigenvalue weighted by Gasteiger charge is -2.09. The normalized spacial score (nSPS) is 10.9. The summed E-state index contributed by atoms with van der Waals surface area (Å²) in [7, 11) is -2.54. The summed E-state index contributed by atoms with van der Waals surface area (Å²) in [5, 5.41) is 4.84. The molecule has 0 aliphatic rings. The summed E-state index contributed by atoms with van der Waals surface area (Å²) in [5.74, 6) is -2.01. The molecular formula is C15H20ClN3O6S. The van der Waals surface area contributed by atoms with E-state index in [0.717, 1.165) is 12.5 Å². The highest BCUT2D eigenvalue weighted by atomic mass is 35.5. The molecule has 144 valence electrons. The number of carbonyl (C=O) groups is 3. The van der Waals surface area contributed by atoms with E-state index >= 15 is 0 Å². The molecule has 11 heteroatoms. The van der Waals surface area contributed by atoms with Crippen LogP contribution in [-0.2, 0) is 24.3 Å². The smallest absolute Gasteiger partial charge is 0.340 e. The van der Waals surface area contributed by atoms with Crippen molar-refractivity contribution < 1.29 is 27.5 Å². The van der Waals surface area contributed by atoms with Gasteiger partial charge in [-0.05, 0) is 31.7 Å². The van der Waals surface area contributed by atoms with Crippen LogP contribution in [0.2, 0.25) is 5.02 Å². The van der Waals surface area contributed by atoms with Crippen molar-refractivity contribution in [3.8, 4) is 0 Å². The highest BCUT2D eigenvalue weighted by Crippen LogP contribution is 2.21. The second kappa shape index (κ2) is 10.1. The van der Waals surface area contributed by atoms with E-state index < -0.39 is 28.5 Å². The fourth-order valence-corrected chi connectivity index (χ4v) is 2.66. The fraction of sp³-hybridized carbons (Fsp3) is 0.400. The van der Waals surface area contributed by atoms with Crippen molar-refractivity contribution in [1.82, 2.24) is 15.4 Å². The van der Waals surface area contributed by atoms with Crippen LogP contribution >= 0.6 is 11.6 Å². The second-order valence-electron chi connectivity index (χ2n) is 5.05. The van der Waals surface area contributed by atoms with Gasteiger partial charge in [0.15, 0.2) is 6.61 Å². The van der Waals surface area contributed by atoms with Gasteiger partial charge in [-0.2, -0.15) is 0 Å². The van der Waals surface area contributed by atoms with Crippen LogP contribution in [0.5, 0.6) is 0 Å². The van der Waals surface area contributed by atoms with Crippen molar-refractivity contribution in [3.63, 3.8) is 0 Å². The molecule has 0 saturated heterocycles. The van der Waals surface area contributed by atoms with Crippen LogP contribution in [0.1, 0.15) is 23.7 Å². The third-order valence-corrected chi connectivity index (χ3v) is 4.83. The summed E-state index contributed by atoms with van der Waals surface area (Å²) in [5.41, 5.74) is -0.198. The predicted octanol–water partition coefficient (Wildman–Crippen LogP) is 0.0473. The van der Waals surface area contributed by atoms with Crippen molar-refractivity contribution in [2.24, 2.45) is 0 Å². The Bertz CT molecular complexity index is 782. The second-order valence-corrected chi connectivity index (χ2v) is 7.35. The number of ether oxygens (including phenoxy) is 1. The number of nitrogens with one attached hydrogen (secondary N) is 3. The Kier molecular flexibility index (Phi) is 8.49. The third-order valence-electron chi connectivity index (χ3n) is 3.09. The van der Waals surface area contributed by atoms with Gasteiger partial charge in [-0.1, -0.05) is 18.5 Å². The number of carbonyl (C=O) groups excluding carboxylic acids is 3. The van der Waals surface area contributed by atoms with Crippen LogP contribution in [0.3, 0.4) is 0 Å². The van der Waals surface area contributed by atoms with Gasteiger partial charge >= 0.3 is 5.97 Å². The Morgan fingerprint density at radius 1 is 1.15 bits per heavy atom. The van der Waals surface area contributed by atoms with Gasteiger partial charge in [0, 0.05) is 6.54 Å². The van der Waals surface area contributed by atoms with Crippen LogP contribution in [0.15, 0.2) is 23.1 Å². The lowest BCUT2D eigenvalue weighted by atomic mass is 10.2. The maximum absolute atomic E-state index is 12.0. The molecule has 2 amide bonds. The molecule has 9 nitrogen and oxygen atoms in total. The molecular weight excluding hydrogens is 386 g/mol. The highest BCUT2D eigenvalue weighted by molar-refractivity contribution is 7.89. The van der Waals surface area contributed by atoms with E-state index in [1.807, 2.05) is 6.92 Å². The lowest BCUT2D eigenvalue weighted by Crippen LogP contribution is -2.38. The predicted molar refractivity (Wildman–Crippen MR) is 94.3 cm³/mol. The monoisotopic (exact) mass is 405 g/mol. The van der Waals surface area contributed by atoms with Gasteiger partial charge in [0.1, 0.15) is 0 Å². The lowest BCUT2D eigenvalue weighted by molar-refractivity contribution is -0.127. The standard InChI is InChI=1S/C15H20ClN3O6S/c1-3-6-18-13(20)8-19-14(21)9-25-15(22)11-7-10(4-5-12(11)16)26(23,24)17-2/h4-5,7,17H,3,6,8-9H2,1-2H3,(H,18,20)(H,19,21). The third kappa shape index (κ3) is 6.62. The first-order valence-electron chi connectivity index (χ1n) is 7.65. The molecule has 1 aromatic rings. The Morgan fingerprint density at radius 3 is 2.46 bits per heavy atom. The zero-order valence-corrected chi connectivity index (χ0v) is 15.9. The van der Waals surface area contributed by atoms with Gasteiger partial charge in [0.05, 0.1) is 22.0 Å². The summed E-state index contributed by atoms with van der Waals surface area (Å²) in [4.78, 5) is 34.8. The van der Waals surface area contributed by atoms with E-state index in [9.17, 15) is 22.8 Å². The Morgan fingerprint density at radius 2 is 1.85 bits per heavy atom. The topological polar surface area (TPSA) is 131 Å². The molecule has 1 rings (SSSR count). The van der Waals surface area contributed by atoms with Crippen LogP contribution in [-0.4, -0.2) is 52.9 Å². The molecule has 0 aliphatic carbocycles. The number of amides is 2. The number of benzene rings is 1. The van der Waals surface area contributed by atoms with E-state index in [2.05, 4.69) is 15.4 Å². The van der Waals surface area contributed by atoms with Gasteiger partial charge in [-0.25, -0.2) is 17.9 Å². The maximum atomic E-state index is 12.0. The first-order valence-corrected chi connectivity index (χ1v) is 9.51. The molecule has 26 heavy (non-hydrogen) atoms. The number of sulfonamides is 1. The molecule has 1 aromatic carbocycles. The molecule has 0 saturated carbocycles. The average molecular weight is 406 g/mol. The summed E-state index contributed by atoms with van der Waals surface area (Å²) in [6.07, 6.45) is 0.764. The van der Waals surface area contributed by atoms with Crippen LogP contribution < -0.4 is 15.4 Å². The van der Waals surface area contributed by atoms with E-state index in [-0.39, 0.29) is 27.9 Å². The van der Waals surface area contributed by atoms with Gasteiger partial charge in [-0.15, -0.1) is 0 Å². The van der Waals surface area contributed by atoms with E-state index in [4.69, 9.17) is 16.3 Å². The minimum Gasteiger partial charge on any atom is -0.452 e.